The molecule has 1 aromatic carbocycles. The number of halogens is 3. The van der Waals surface area contributed by atoms with Crippen LogP contribution in [0.4, 0.5) is 13.2 Å². The molecule has 0 saturated heterocycles. The van der Waals surface area contributed by atoms with Crippen molar-refractivity contribution in [2.24, 2.45) is 11.3 Å². The second-order valence-corrected chi connectivity index (χ2v) is 6.81. The van der Waals surface area contributed by atoms with E-state index in [9.17, 15) is 23.1 Å². The first-order valence-electron chi connectivity index (χ1n) is 8.86. The maximum atomic E-state index is 12.8. The Balaban J connectivity index is 2.40. The van der Waals surface area contributed by atoms with Gasteiger partial charge in [0.2, 0.25) is 0 Å². The maximum absolute atomic E-state index is 12.8. The van der Waals surface area contributed by atoms with Gasteiger partial charge >= 0.3 is 12.1 Å². The summed E-state index contributed by atoms with van der Waals surface area (Å²) in [4.78, 5) is 12.2. The summed E-state index contributed by atoms with van der Waals surface area (Å²) >= 11 is 0. The number of hydrogen-bond acceptors (Lipinski definition) is 3. The van der Waals surface area contributed by atoms with Crippen molar-refractivity contribution in [1.29, 1.82) is 0 Å². The van der Waals surface area contributed by atoms with E-state index in [-0.39, 0.29) is 12.6 Å². The van der Waals surface area contributed by atoms with Gasteiger partial charge in [-0.1, -0.05) is 44.6 Å². The Morgan fingerprint density at radius 2 is 1.88 bits per heavy atom. The third-order valence-electron chi connectivity index (χ3n) is 5.33. The molecule has 1 saturated carbocycles. The lowest BCUT2D eigenvalue weighted by Crippen LogP contribution is -2.37. The van der Waals surface area contributed by atoms with Gasteiger partial charge in [-0.05, 0) is 37.5 Å². The van der Waals surface area contributed by atoms with Gasteiger partial charge in [-0.15, -0.1) is 0 Å². The van der Waals surface area contributed by atoms with Crippen molar-refractivity contribution in [2.45, 2.75) is 51.3 Å². The van der Waals surface area contributed by atoms with Crippen molar-refractivity contribution in [3.05, 3.63) is 48.0 Å². The molecule has 2 rings (SSSR count). The summed E-state index contributed by atoms with van der Waals surface area (Å²) in [5.41, 5.74) is -2.86. The Kier molecular flexibility index (Phi) is 5.85. The van der Waals surface area contributed by atoms with Crippen LogP contribution in [0.25, 0.3) is 0 Å². The van der Waals surface area contributed by atoms with Gasteiger partial charge in [0.05, 0.1) is 18.1 Å². The van der Waals surface area contributed by atoms with E-state index in [0.29, 0.717) is 18.4 Å². The van der Waals surface area contributed by atoms with Crippen LogP contribution in [0.15, 0.2) is 36.9 Å². The molecule has 1 N–H and O–H groups in total. The second kappa shape index (κ2) is 7.43. The van der Waals surface area contributed by atoms with Gasteiger partial charge in [-0.2, -0.15) is 13.2 Å². The Bertz CT molecular complexity index is 653. The summed E-state index contributed by atoms with van der Waals surface area (Å²) < 4.78 is 43.6. The maximum Gasteiger partial charge on any atom is 0.416 e. The summed E-state index contributed by atoms with van der Waals surface area (Å²) in [6, 6.07) is 4.41. The summed E-state index contributed by atoms with van der Waals surface area (Å²) in [7, 11) is 0. The van der Waals surface area contributed by atoms with Crippen LogP contribution in [0.2, 0.25) is 0 Å². The third kappa shape index (κ3) is 3.52. The molecule has 0 spiro atoms. The highest BCUT2D eigenvalue weighted by atomic mass is 19.4. The van der Waals surface area contributed by atoms with Crippen LogP contribution < -0.4 is 0 Å². The van der Waals surface area contributed by atoms with Crippen LogP contribution in [-0.2, 0) is 21.3 Å². The van der Waals surface area contributed by atoms with E-state index in [0.717, 1.165) is 25.0 Å². The number of carbonyl (C=O) groups excluding carboxylic acids is 1. The first-order chi connectivity index (χ1) is 12.2. The number of carbonyl (C=O) groups is 1. The summed E-state index contributed by atoms with van der Waals surface area (Å²) in [5, 5.41) is 11.4. The van der Waals surface area contributed by atoms with Crippen LogP contribution >= 0.6 is 0 Å². The van der Waals surface area contributed by atoms with Gasteiger partial charge in [-0.25, -0.2) is 0 Å². The normalized spacial score (nSPS) is 24.6. The summed E-state index contributed by atoms with van der Waals surface area (Å²) in [5.74, 6) is -0.866. The molecule has 0 radical (unpaired) electrons. The molecule has 1 fully saturated rings. The minimum absolute atomic E-state index is 0.242. The van der Waals surface area contributed by atoms with Crippen LogP contribution in [0.1, 0.15) is 50.7 Å². The molecule has 0 amide bonds. The molecule has 6 heteroatoms. The Morgan fingerprint density at radius 1 is 1.31 bits per heavy atom. The lowest BCUT2D eigenvalue weighted by molar-refractivity contribution is -0.147. The monoisotopic (exact) mass is 370 g/mol. The zero-order chi connectivity index (χ0) is 19.6. The molecule has 0 unspecified atom stereocenters. The molecule has 0 bridgehead atoms. The standard InChI is InChI=1S/C20H25F3O3/c1-4-7-12-18(13-16(18)17(24)26-6-3)19(25,5-2)14-8-10-15(11-9-14)20(21,22)23/h5,8-11,16,25H,2,4,6-7,12-13H2,1,3H3/t16-,18-,19-/m1/s1. The van der Waals surface area contributed by atoms with Gasteiger partial charge in [-0.3, -0.25) is 4.79 Å². The quantitative estimate of drug-likeness (QED) is 0.526. The highest BCUT2D eigenvalue weighted by Crippen LogP contribution is 2.66. The van der Waals surface area contributed by atoms with E-state index in [1.807, 2.05) is 6.92 Å². The summed E-state index contributed by atoms with van der Waals surface area (Å²) in [6.07, 6.45) is -0.460. The fourth-order valence-electron chi connectivity index (χ4n) is 3.76. The molecule has 3 atom stereocenters. The lowest BCUT2D eigenvalue weighted by atomic mass is 9.74. The Hall–Kier alpha value is -1.82. The van der Waals surface area contributed by atoms with Crippen molar-refractivity contribution in [3.63, 3.8) is 0 Å². The molecule has 1 aromatic rings. The number of aliphatic hydroxyl groups is 1. The fraction of sp³-hybridized carbons (Fsp3) is 0.550. The highest BCUT2D eigenvalue weighted by molar-refractivity contribution is 5.78. The molecule has 3 nitrogen and oxygen atoms in total. The van der Waals surface area contributed by atoms with Crippen molar-refractivity contribution >= 4 is 5.97 Å². The third-order valence-corrected chi connectivity index (χ3v) is 5.33. The highest BCUT2D eigenvalue weighted by Gasteiger charge is 2.68. The van der Waals surface area contributed by atoms with Gasteiger partial charge < -0.3 is 9.84 Å². The minimum atomic E-state index is -4.45. The molecule has 1 aliphatic carbocycles. The van der Waals surface area contributed by atoms with Gasteiger partial charge in [0, 0.05) is 5.41 Å². The molecule has 144 valence electrons. The predicted molar refractivity (Wildman–Crippen MR) is 92.2 cm³/mol. The largest absolute Gasteiger partial charge is 0.466 e. The van der Waals surface area contributed by atoms with Gasteiger partial charge in [0.1, 0.15) is 5.60 Å². The van der Waals surface area contributed by atoms with E-state index in [1.165, 1.54) is 18.2 Å². The van der Waals surface area contributed by atoms with E-state index in [2.05, 4.69) is 6.58 Å². The summed E-state index contributed by atoms with van der Waals surface area (Å²) in [6.45, 7) is 7.66. The predicted octanol–water partition coefficient (Wildman–Crippen LogP) is 4.84. The van der Waals surface area contributed by atoms with Crippen molar-refractivity contribution < 1.29 is 27.8 Å². The van der Waals surface area contributed by atoms with E-state index in [1.54, 1.807) is 6.92 Å². The van der Waals surface area contributed by atoms with E-state index < -0.39 is 28.7 Å². The van der Waals surface area contributed by atoms with Crippen LogP contribution in [0, 0.1) is 11.3 Å². The van der Waals surface area contributed by atoms with Crippen molar-refractivity contribution in [2.75, 3.05) is 6.61 Å². The lowest BCUT2D eigenvalue weighted by Gasteiger charge is -2.36. The van der Waals surface area contributed by atoms with Gasteiger partial charge in [0.15, 0.2) is 0 Å². The van der Waals surface area contributed by atoms with Crippen LogP contribution in [0.5, 0.6) is 0 Å². The minimum Gasteiger partial charge on any atom is -0.466 e. The average Bonchev–Trinajstić information content (AvgIpc) is 3.35. The zero-order valence-electron chi connectivity index (χ0n) is 15.1. The number of hydrogen-bond donors (Lipinski definition) is 1. The smallest absolute Gasteiger partial charge is 0.416 e. The average molecular weight is 370 g/mol. The number of esters is 1. The molecular formula is C20H25F3O3. The van der Waals surface area contributed by atoms with Gasteiger partial charge in [0.25, 0.3) is 0 Å². The van der Waals surface area contributed by atoms with Crippen molar-refractivity contribution in [1.82, 2.24) is 0 Å². The van der Waals surface area contributed by atoms with E-state index in [4.69, 9.17) is 4.74 Å². The number of alkyl halides is 3. The number of rotatable bonds is 8. The molecule has 0 aromatic heterocycles. The van der Waals surface area contributed by atoms with Crippen LogP contribution in [0.3, 0.4) is 0 Å². The molecule has 1 aliphatic rings. The first kappa shape index (κ1) is 20.5. The molecule has 0 heterocycles. The zero-order valence-corrected chi connectivity index (χ0v) is 15.1. The number of unbranched alkanes of at least 4 members (excludes halogenated alkanes) is 1. The Morgan fingerprint density at radius 3 is 2.35 bits per heavy atom. The number of ether oxygens (including phenoxy) is 1. The fourth-order valence-corrected chi connectivity index (χ4v) is 3.76. The SMILES string of the molecule is C=C[C@@](O)(c1ccc(C(F)(F)F)cc1)[C@]1(CCCC)C[C@@H]1C(=O)OCC. The van der Waals surface area contributed by atoms with E-state index >= 15 is 0 Å². The van der Waals surface area contributed by atoms with Crippen LogP contribution in [-0.4, -0.2) is 17.7 Å². The second-order valence-electron chi connectivity index (χ2n) is 6.81. The number of benzene rings is 1. The topological polar surface area (TPSA) is 46.5 Å². The van der Waals surface area contributed by atoms with Crippen molar-refractivity contribution in [3.8, 4) is 0 Å². The molecule has 0 aliphatic heterocycles. The first-order valence-corrected chi connectivity index (χ1v) is 8.86. The Labute approximate surface area is 151 Å². The molecule has 26 heavy (non-hydrogen) atoms. The molecular weight excluding hydrogens is 345 g/mol.